The van der Waals surface area contributed by atoms with Crippen LogP contribution in [0.15, 0.2) is 30.3 Å². The minimum Gasteiger partial charge on any atom is -0.378 e. The van der Waals surface area contributed by atoms with Gasteiger partial charge in [-0.05, 0) is 12.5 Å². The van der Waals surface area contributed by atoms with Crippen molar-refractivity contribution in [2.45, 2.75) is 6.92 Å². The van der Waals surface area contributed by atoms with Crippen LogP contribution in [0.3, 0.4) is 0 Å². The summed E-state index contributed by atoms with van der Waals surface area (Å²) >= 11 is 0. The fourth-order valence-electron chi connectivity index (χ4n) is 1.06. The van der Waals surface area contributed by atoms with E-state index in [0.29, 0.717) is 12.2 Å². The molecule has 1 aromatic rings. The molecule has 0 heterocycles. The molecule has 0 atom stereocenters. The molecule has 74 valence electrons. The SMILES string of the molecule is CCOCC=Cc1ccc(C=O)cc1. The number of ether oxygens (including phenoxy) is 1. The summed E-state index contributed by atoms with van der Waals surface area (Å²) in [6.07, 6.45) is 4.78. The van der Waals surface area contributed by atoms with Crippen molar-refractivity contribution < 1.29 is 9.53 Å². The lowest BCUT2D eigenvalue weighted by Gasteiger charge is -1.95. The summed E-state index contributed by atoms with van der Waals surface area (Å²) in [5, 5.41) is 0. The maximum atomic E-state index is 10.4. The Morgan fingerprint density at radius 3 is 2.43 bits per heavy atom. The van der Waals surface area contributed by atoms with Crippen LogP contribution in [0.2, 0.25) is 0 Å². The molecule has 0 aliphatic heterocycles. The van der Waals surface area contributed by atoms with Gasteiger partial charge < -0.3 is 4.74 Å². The molecule has 2 heteroatoms. The summed E-state index contributed by atoms with van der Waals surface area (Å²) in [6, 6.07) is 7.42. The molecule has 0 amide bonds. The van der Waals surface area contributed by atoms with Crippen molar-refractivity contribution in [1.82, 2.24) is 0 Å². The molecule has 0 unspecified atom stereocenters. The number of hydrogen-bond donors (Lipinski definition) is 0. The van der Waals surface area contributed by atoms with Crippen molar-refractivity contribution in [2.24, 2.45) is 0 Å². The van der Waals surface area contributed by atoms with E-state index in [-0.39, 0.29) is 0 Å². The number of aldehydes is 1. The average Bonchev–Trinajstić information content (AvgIpc) is 2.25. The summed E-state index contributed by atoms with van der Waals surface area (Å²) in [4.78, 5) is 10.4. The first kappa shape index (κ1) is 10.7. The smallest absolute Gasteiger partial charge is 0.150 e. The topological polar surface area (TPSA) is 26.3 Å². The van der Waals surface area contributed by atoms with Crippen LogP contribution in [0, 0.1) is 0 Å². The molecule has 0 aliphatic rings. The molecule has 0 spiro atoms. The second-order valence-electron chi connectivity index (χ2n) is 2.85. The molecule has 0 N–H and O–H groups in total. The normalized spacial score (nSPS) is 10.6. The maximum absolute atomic E-state index is 10.4. The summed E-state index contributed by atoms with van der Waals surface area (Å²) < 4.78 is 5.16. The van der Waals surface area contributed by atoms with E-state index in [0.717, 1.165) is 18.5 Å². The van der Waals surface area contributed by atoms with E-state index in [1.165, 1.54) is 0 Å². The van der Waals surface area contributed by atoms with E-state index >= 15 is 0 Å². The zero-order valence-corrected chi connectivity index (χ0v) is 8.27. The Bertz CT molecular complexity index is 299. The first-order valence-electron chi connectivity index (χ1n) is 4.66. The van der Waals surface area contributed by atoms with E-state index < -0.39 is 0 Å². The minimum absolute atomic E-state index is 0.631. The van der Waals surface area contributed by atoms with Gasteiger partial charge >= 0.3 is 0 Å². The first-order valence-corrected chi connectivity index (χ1v) is 4.66. The molecule has 0 radical (unpaired) electrons. The van der Waals surface area contributed by atoms with Gasteiger partial charge in [-0.3, -0.25) is 4.79 Å². The summed E-state index contributed by atoms with van der Waals surface area (Å²) in [7, 11) is 0. The number of rotatable bonds is 5. The van der Waals surface area contributed by atoms with Crippen molar-refractivity contribution >= 4 is 12.4 Å². The van der Waals surface area contributed by atoms with Crippen molar-refractivity contribution in [3.8, 4) is 0 Å². The van der Waals surface area contributed by atoms with Crippen molar-refractivity contribution in [3.05, 3.63) is 41.5 Å². The molecule has 0 aromatic heterocycles. The summed E-state index contributed by atoms with van der Waals surface area (Å²) in [5.74, 6) is 0. The maximum Gasteiger partial charge on any atom is 0.150 e. The third kappa shape index (κ3) is 3.54. The second-order valence-corrected chi connectivity index (χ2v) is 2.85. The quantitative estimate of drug-likeness (QED) is 0.527. The number of carbonyl (C=O) groups is 1. The van der Waals surface area contributed by atoms with Gasteiger partial charge in [0.1, 0.15) is 6.29 Å². The average molecular weight is 190 g/mol. The van der Waals surface area contributed by atoms with Gasteiger partial charge in [0, 0.05) is 12.2 Å². The minimum atomic E-state index is 0.631. The van der Waals surface area contributed by atoms with E-state index in [1.807, 2.05) is 31.2 Å². The van der Waals surface area contributed by atoms with Gasteiger partial charge in [0.15, 0.2) is 0 Å². The molecule has 0 saturated heterocycles. The molecule has 0 fully saturated rings. The summed E-state index contributed by atoms with van der Waals surface area (Å²) in [5.41, 5.74) is 1.78. The molecule has 0 aliphatic carbocycles. The van der Waals surface area contributed by atoms with Gasteiger partial charge in [0.05, 0.1) is 6.61 Å². The highest BCUT2D eigenvalue weighted by atomic mass is 16.5. The third-order valence-corrected chi connectivity index (χ3v) is 1.80. The van der Waals surface area contributed by atoms with Crippen LogP contribution in [0.25, 0.3) is 6.08 Å². The zero-order chi connectivity index (χ0) is 10.2. The Morgan fingerprint density at radius 1 is 1.21 bits per heavy atom. The molecule has 0 saturated carbocycles. The number of carbonyl (C=O) groups excluding carboxylic acids is 1. The predicted molar refractivity (Wildman–Crippen MR) is 57.4 cm³/mol. The molecular formula is C12H14O2. The lowest BCUT2D eigenvalue weighted by molar-refractivity contribution is 0.112. The van der Waals surface area contributed by atoms with Gasteiger partial charge in [0.25, 0.3) is 0 Å². The van der Waals surface area contributed by atoms with Crippen LogP contribution in [-0.2, 0) is 4.74 Å². The Balaban J connectivity index is 2.50. The molecular weight excluding hydrogens is 176 g/mol. The second kappa shape index (κ2) is 6.11. The molecule has 14 heavy (non-hydrogen) atoms. The predicted octanol–water partition coefficient (Wildman–Crippen LogP) is 2.55. The van der Waals surface area contributed by atoms with Crippen LogP contribution < -0.4 is 0 Å². The number of benzene rings is 1. The van der Waals surface area contributed by atoms with Crippen molar-refractivity contribution in [1.29, 1.82) is 0 Å². The van der Waals surface area contributed by atoms with Gasteiger partial charge in [-0.25, -0.2) is 0 Å². The monoisotopic (exact) mass is 190 g/mol. The fraction of sp³-hybridized carbons (Fsp3) is 0.250. The third-order valence-electron chi connectivity index (χ3n) is 1.80. The Morgan fingerprint density at radius 2 is 1.86 bits per heavy atom. The largest absolute Gasteiger partial charge is 0.378 e. The molecule has 2 nitrogen and oxygen atoms in total. The van der Waals surface area contributed by atoms with Crippen LogP contribution >= 0.6 is 0 Å². The Kier molecular flexibility index (Phi) is 4.65. The highest BCUT2D eigenvalue weighted by molar-refractivity contribution is 5.75. The van der Waals surface area contributed by atoms with E-state index in [9.17, 15) is 4.79 Å². The van der Waals surface area contributed by atoms with E-state index in [4.69, 9.17) is 4.74 Å². The molecule has 1 rings (SSSR count). The Labute approximate surface area is 84.2 Å². The van der Waals surface area contributed by atoms with Crippen LogP contribution in [-0.4, -0.2) is 19.5 Å². The van der Waals surface area contributed by atoms with E-state index in [2.05, 4.69) is 0 Å². The van der Waals surface area contributed by atoms with Gasteiger partial charge in [-0.2, -0.15) is 0 Å². The van der Waals surface area contributed by atoms with Gasteiger partial charge in [-0.15, -0.1) is 0 Å². The van der Waals surface area contributed by atoms with Crippen LogP contribution in [0.5, 0.6) is 0 Å². The highest BCUT2D eigenvalue weighted by Gasteiger charge is 1.88. The lowest BCUT2D eigenvalue weighted by atomic mass is 10.1. The van der Waals surface area contributed by atoms with E-state index in [1.54, 1.807) is 12.1 Å². The summed E-state index contributed by atoms with van der Waals surface area (Å²) in [6.45, 7) is 3.33. The van der Waals surface area contributed by atoms with Crippen molar-refractivity contribution in [3.63, 3.8) is 0 Å². The molecule has 0 bridgehead atoms. The standard InChI is InChI=1S/C12H14O2/c1-2-14-9-3-4-11-5-7-12(10-13)8-6-11/h3-8,10H,2,9H2,1H3. The Hall–Kier alpha value is -1.41. The fourth-order valence-corrected chi connectivity index (χ4v) is 1.06. The highest BCUT2D eigenvalue weighted by Crippen LogP contribution is 2.04. The van der Waals surface area contributed by atoms with Crippen molar-refractivity contribution in [2.75, 3.05) is 13.2 Å². The lowest BCUT2D eigenvalue weighted by Crippen LogP contribution is -1.87. The van der Waals surface area contributed by atoms with Gasteiger partial charge in [-0.1, -0.05) is 36.4 Å². The number of hydrogen-bond acceptors (Lipinski definition) is 2. The van der Waals surface area contributed by atoms with Crippen LogP contribution in [0.1, 0.15) is 22.8 Å². The van der Waals surface area contributed by atoms with Gasteiger partial charge in [0.2, 0.25) is 0 Å². The first-order chi connectivity index (χ1) is 6.86. The van der Waals surface area contributed by atoms with Crippen LogP contribution in [0.4, 0.5) is 0 Å². The zero-order valence-electron chi connectivity index (χ0n) is 8.27. The molecule has 1 aromatic carbocycles.